The monoisotopic (exact) mass is 340 g/mol. The van der Waals surface area contributed by atoms with Crippen LogP contribution in [0.2, 0.25) is 0 Å². The number of aryl methyl sites for hydroxylation is 1. The lowest BCUT2D eigenvalue weighted by atomic mass is 10.2. The summed E-state index contributed by atoms with van der Waals surface area (Å²) in [6.07, 6.45) is 6.19. The lowest BCUT2D eigenvalue weighted by molar-refractivity contribution is 0.0793. The van der Waals surface area contributed by atoms with Crippen LogP contribution in [0.4, 0.5) is 0 Å². The topological polar surface area (TPSA) is 50.4 Å². The average molecular weight is 340 g/mol. The lowest BCUT2D eigenvalue weighted by Crippen LogP contribution is -2.27. The normalized spacial score (nSPS) is 22.2. The Labute approximate surface area is 148 Å². The highest BCUT2D eigenvalue weighted by Gasteiger charge is 2.34. The van der Waals surface area contributed by atoms with Crippen LogP contribution in [-0.4, -0.2) is 57.8 Å². The fourth-order valence-corrected chi connectivity index (χ4v) is 3.35. The summed E-state index contributed by atoms with van der Waals surface area (Å²) in [6, 6.07) is 8.01. The molecule has 25 heavy (non-hydrogen) atoms. The first-order valence-corrected chi connectivity index (χ1v) is 8.93. The van der Waals surface area contributed by atoms with Crippen LogP contribution in [0.1, 0.15) is 28.8 Å². The van der Waals surface area contributed by atoms with Crippen LogP contribution >= 0.6 is 0 Å². The average Bonchev–Trinajstić information content (AvgIpc) is 3.01. The number of ether oxygens (including phenoxy) is 1. The predicted octanol–water partition coefficient (Wildman–Crippen LogP) is 1.92. The summed E-state index contributed by atoms with van der Waals surface area (Å²) in [5.74, 6) is 0.958. The van der Waals surface area contributed by atoms with E-state index in [2.05, 4.69) is 10.00 Å². The number of hydrogen-bond acceptors (Lipinski definition) is 4. The van der Waals surface area contributed by atoms with Crippen molar-refractivity contribution in [2.24, 2.45) is 7.05 Å². The number of carbonyl (C=O) groups excluding carboxylic acids is 1. The van der Waals surface area contributed by atoms with Crippen LogP contribution in [0.15, 0.2) is 36.7 Å². The van der Waals surface area contributed by atoms with Crippen LogP contribution < -0.4 is 4.74 Å². The van der Waals surface area contributed by atoms with Gasteiger partial charge >= 0.3 is 0 Å². The summed E-state index contributed by atoms with van der Waals surface area (Å²) >= 11 is 0. The molecule has 1 amide bonds. The minimum absolute atomic E-state index is 0.133. The molecule has 0 aliphatic carbocycles. The van der Waals surface area contributed by atoms with E-state index in [-0.39, 0.29) is 5.91 Å². The molecule has 1 aromatic heterocycles. The summed E-state index contributed by atoms with van der Waals surface area (Å²) in [5, 5.41) is 4.19. The molecule has 4 rings (SSSR count). The molecule has 0 bridgehead atoms. The smallest absolute Gasteiger partial charge is 0.253 e. The number of rotatable bonds is 6. The van der Waals surface area contributed by atoms with Gasteiger partial charge in [-0.15, -0.1) is 0 Å². The maximum absolute atomic E-state index is 12.3. The van der Waals surface area contributed by atoms with Crippen molar-refractivity contribution in [1.29, 1.82) is 0 Å². The number of carbonyl (C=O) groups is 1. The zero-order chi connectivity index (χ0) is 17.2. The number of benzene rings is 1. The summed E-state index contributed by atoms with van der Waals surface area (Å²) in [4.78, 5) is 16.6. The van der Waals surface area contributed by atoms with Crippen molar-refractivity contribution in [3.05, 3.63) is 47.8 Å². The molecule has 0 saturated carbocycles. The van der Waals surface area contributed by atoms with Crippen molar-refractivity contribution < 1.29 is 9.53 Å². The molecule has 2 saturated heterocycles. The molecular weight excluding hydrogens is 316 g/mol. The van der Waals surface area contributed by atoms with Crippen molar-refractivity contribution >= 4 is 5.91 Å². The van der Waals surface area contributed by atoms with E-state index in [1.54, 1.807) is 0 Å². The zero-order valence-electron chi connectivity index (χ0n) is 14.6. The van der Waals surface area contributed by atoms with Gasteiger partial charge in [-0.1, -0.05) is 0 Å². The Kier molecular flexibility index (Phi) is 4.44. The zero-order valence-corrected chi connectivity index (χ0v) is 14.6. The van der Waals surface area contributed by atoms with E-state index in [9.17, 15) is 4.79 Å². The van der Waals surface area contributed by atoms with E-state index in [1.807, 2.05) is 53.3 Å². The molecule has 2 fully saturated rings. The lowest BCUT2D eigenvalue weighted by Gasteiger charge is -2.15. The molecule has 0 spiro atoms. The summed E-state index contributed by atoms with van der Waals surface area (Å²) in [6.45, 7) is 4.42. The highest BCUT2D eigenvalue weighted by molar-refractivity contribution is 5.94. The van der Waals surface area contributed by atoms with E-state index in [0.717, 1.165) is 50.3 Å². The maximum Gasteiger partial charge on any atom is 0.253 e. The first-order chi connectivity index (χ1) is 12.2. The van der Waals surface area contributed by atoms with Crippen molar-refractivity contribution in [3.63, 3.8) is 0 Å². The highest BCUT2D eigenvalue weighted by atomic mass is 16.5. The van der Waals surface area contributed by atoms with Crippen LogP contribution in [0.5, 0.6) is 5.75 Å². The van der Waals surface area contributed by atoms with Crippen LogP contribution in [-0.2, 0) is 13.6 Å². The molecule has 6 nitrogen and oxygen atoms in total. The number of nitrogens with zero attached hydrogens (tertiary/aromatic N) is 4. The van der Waals surface area contributed by atoms with E-state index in [1.165, 1.54) is 5.56 Å². The second-order valence-electron chi connectivity index (χ2n) is 6.94. The quantitative estimate of drug-likeness (QED) is 0.754. The third-order valence-electron chi connectivity index (χ3n) is 4.91. The number of amides is 1. The Morgan fingerprint density at radius 1 is 1.24 bits per heavy atom. The number of aromatic nitrogens is 2. The van der Waals surface area contributed by atoms with Gasteiger partial charge in [0.15, 0.2) is 0 Å². The van der Waals surface area contributed by atoms with Gasteiger partial charge in [0.2, 0.25) is 0 Å². The molecule has 2 unspecified atom stereocenters. The van der Waals surface area contributed by atoms with Crippen LogP contribution in [0.3, 0.4) is 0 Å². The molecule has 1 aromatic carbocycles. The highest BCUT2D eigenvalue weighted by Crippen LogP contribution is 2.23. The van der Waals surface area contributed by atoms with Crippen LogP contribution in [0.25, 0.3) is 0 Å². The minimum atomic E-state index is 0.133. The van der Waals surface area contributed by atoms with E-state index in [0.29, 0.717) is 12.6 Å². The van der Waals surface area contributed by atoms with Gasteiger partial charge in [-0.2, -0.15) is 5.10 Å². The molecule has 0 N–H and O–H groups in total. The first kappa shape index (κ1) is 16.1. The Morgan fingerprint density at radius 2 is 2.00 bits per heavy atom. The van der Waals surface area contributed by atoms with Gasteiger partial charge in [0.25, 0.3) is 5.91 Å². The molecule has 3 heterocycles. The fourth-order valence-electron chi connectivity index (χ4n) is 3.35. The number of likely N-dealkylation sites (tertiary alicyclic amines) is 1. The molecule has 0 radical (unpaired) electrons. The van der Waals surface area contributed by atoms with Gasteiger partial charge in [0, 0.05) is 50.6 Å². The third kappa shape index (κ3) is 3.85. The van der Waals surface area contributed by atoms with E-state index < -0.39 is 0 Å². The summed E-state index contributed by atoms with van der Waals surface area (Å²) in [5.41, 5.74) is 1.98. The third-order valence-corrected chi connectivity index (χ3v) is 4.91. The van der Waals surface area contributed by atoms with Gasteiger partial charge < -0.3 is 9.64 Å². The minimum Gasteiger partial charge on any atom is -0.492 e. The molecular formula is C19H24N4O2. The molecule has 2 atom stereocenters. The fraction of sp³-hybridized carbons (Fsp3) is 0.474. The number of hydrogen-bond donors (Lipinski definition) is 0. The SMILES string of the molecule is Cn1cc(CN2CC2COc2ccc(C(=O)N3CCCC3)cc2)cn1. The largest absolute Gasteiger partial charge is 0.492 e. The van der Waals surface area contributed by atoms with Gasteiger partial charge in [-0.25, -0.2) is 0 Å². The summed E-state index contributed by atoms with van der Waals surface area (Å²) in [7, 11) is 1.93. The van der Waals surface area contributed by atoms with Crippen molar-refractivity contribution in [1.82, 2.24) is 19.6 Å². The Morgan fingerprint density at radius 3 is 2.68 bits per heavy atom. The van der Waals surface area contributed by atoms with Gasteiger partial charge in [-0.05, 0) is 37.1 Å². The van der Waals surface area contributed by atoms with Crippen molar-refractivity contribution in [2.45, 2.75) is 25.4 Å². The Hall–Kier alpha value is -2.34. The predicted molar refractivity (Wildman–Crippen MR) is 94.5 cm³/mol. The van der Waals surface area contributed by atoms with E-state index >= 15 is 0 Å². The second kappa shape index (κ2) is 6.88. The maximum atomic E-state index is 12.3. The van der Waals surface area contributed by atoms with E-state index in [4.69, 9.17) is 4.74 Å². The van der Waals surface area contributed by atoms with Crippen molar-refractivity contribution in [2.75, 3.05) is 26.2 Å². The van der Waals surface area contributed by atoms with Gasteiger partial charge in [0.1, 0.15) is 12.4 Å². The molecule has 2 aliphatic rings. The standard InChI is InChI=1S/C19H24N4O2/c1-21-11-15(10-20-21)12-23-13-17(23)14-25-18-6-4-16(5-7-18)19(24)22-8-2-3-9-22/h4-7,10-11,17H,2-3,8-9,12-14H2,1H3. The summed E-state index contributed by atoms with van der Waals surface area (Å²) < 4.78 is 7.70. The molecule has 6 heteroatoms. The Bertz CT molecular complexity index is 734. The second-order valence-corrected chi connectivity index (χ2v) is 6.94. The van der Waals surface area contributed by atoms with Gasteiger partial charge in [0.05, 0.1) is 12.2 Å². The molecule has 2 aliphatic heterocycles. The molecule has 2 aromatic rings. The van der Waals surface area contributed by atoms with Crippen LogP contribution in [0, 0.1) is 0 Å². The molecule has 132 valence electrons. The Balaban J connectivity index is 1.24. The van der Waals surface area contributed by atoms with Crippen molar-refractivity contribution in [3.8, 4) is 5.75 Å². The first-order valence-electron chi connectivity index (χ1n) is 8.93. The van der Waals surface area contributed by atoms with Gasteiger partial charge in [-0.3, -0.25) is 14.4 Å².